The van der Waals surface area contributed by atoms with E-state index in [0.29, 0.717) is 5.92 Å². The molecule has 1 fully saturated rings. The third kappa shape index (κ3) is 1.38. The Kier molecular flexibility index (Phi) is 2.17. The van der Waals surface area contributed by atoms with Crippen LogP contribution in [0.5, 0.6) is 0 Å². The maximum Gasteiger partial charge on any atom is 0.101 e. The van der Waals surface area contributed by atoms with E-state index in [4.69, 9.17) is 0 Å². The minimum atomic E-state index is -0.466. The molecule has 0 spiro atoms. The van der Waals surface area contributed by atoms with Gasteiger partial charge in [-0.05, 0) is 30.8 Å². The van der Waals surface area contributed by atoms with Gasteiger partial charge in [0, 0.05) is 0 Å². The minimum Gasteiger partial charge on any atom is -0.247 e. The zero-order chi connectivity index (χ0) is 5.98. The van der Waals surface area contributed by atoms with Gasteiger partial charge >= 0.3 is 0 Å². The molecule has 1 aliphatic rings. The smallest absolute Gasteiger partial charge is 0.101 e. The van der Waals surface area contributed by atoms with Crippen molar-refractivity contribution in [1.29, 1.82) is 0 Å². The molecule has 0 bridgehead atoms. The van der Waals surface area contributed by atoms with Crippen LogP contribution < -0.4 is 0 Å². The van der Waals surface area contributed by atoms with Crippen molar-refractivity contribution in [1.82, 2.24) is 0 Å². The van der Waals surface area contributed by atoms with Crippen molar-refractivity contribution < 1.29 is 4.39 Å². The van der Waals surface area contributed by atoms with Crippen LogP contribution in [0.4, 0.5) is 4.39 Å². The second kappa shape index (κ2) is 2.72. The molecule has 1 rings (SSSR count). The molecule has 8 heavy (non-hydrogen) atoms. The molecule has 0 amide bonds. The van der Waals surface area contributed by atoms with E-state index < -0.39 is 6.17 Å². The van der Waals surface area contributed by atoms with Gasteiger partial charge in [0.05, 0.1) is 0 Å². The molecule has 0 aromatic heterocycles. The fourth-order valence-electron chi connectivity index (χ4n) is 1.03. The predicted molar refractivity (Wildman–Crippen MR) is 36.0 cm³/mol. The lowest BCUT2D eigenvalue weighted by Gasteiger charge is -2.28. The van der Waals surface area contributed by atoms with E-state index in [1.165, 1.54) is 0 Å². The summed E-state index contributed by atoms with van der Waals surface area (Å²) >= 11 is 1.82. The van der Waals surface area contributed by atoms with Crippen LogP contribution in [0, 0.1) is 5.92 Å². The zero-order valence-corrected chi connectivity index (χ0v) is 5.88. The van der Waals surface area contributed by atoms with Crippen LogP contribution in [0.2, 0.25) is 0 Å². The fourth-order valence-corrected chi connectivity index (χ4v) is 1.77. The van der Waals surface area contributed by atoms with E-state index in [-0.39, 0.29) is 0 Å². The molecule has 0 aliphatic heterocycles. The Bertz CT molecular complexity index is 66.2. The van der Waals surface area contributed by atoms with Gasteiger partial charge in [-0.1, -0.05) is 0 Å². The Balaban J connectivity index is 1.98. The highest BCUT2D eigenvalue weighted by atomic mass is 32.2. The summed E-state index contributed by atoms with van der Waals surface area (Å²) < 4.78 is 12.1. The highest BCUT2D eigenvalue weighted by molar-refractivity contribution is 7.98. The van der Waals surface area contributed by atoms with Crippen LogP contribution >= 0.6 is 11.8 Å². The van der Waals surface area contributed by atoms with Crippen molar-refractivity contribution in [3.63, 3.8) is 0 Å². The Morgan fingerprint density at radius 1 is 1.62 bits per heavy atom. The number of rotatable bonds is 2. The molecule has 0 nitrogen and oxygen atoms in total. The molecular formula is C6H11FS. The predicted octanol–water partition coefficient (Wildman–Crippen LogP) is 2.10. The van der Waals surface area contributed by atoms with Crippen molar-refractivity contribution in [2.75, 3.05) is 12.0 Å². The Morgan fingerprint density at radius 2 is 2.25 bits per heavy atom. The summed E-state index contributed by atoms with van der Waals surface area (Å²) in [5.41, 5.74) is 0. The van der Waals surface area contributed by atoms with Gasteiger partial charge in [0.2, 0.25) is 0 Å². The average molecular weight is 134 g/mol. The lowest BCUT2D eigenvalue weighted by molar-refractivity contribution is 0.147. The van der Waals surface area contributed by atoms with Gasteiger partial charge in [-0.3, -0.25) is 0 Å². The Hall–Kier alpha value is 0.280. The van der Waals surface area contributed by atoms with Crippen LogP contribution in [0.25, 0.3) is 0 Å². The third-order valence-electron chi connectivity index (χ3n) is 1.58. The number of thioether (sulfide) groups is 1. The topological polar surface area (TPSA) is 0 Å². The van der Waals surface area contributed by atoms with E-state index in [2.05, 4.69) is 6.26 Å². The maximum atomic E-state index is 12.1. The van der Waals surface area contributed by atoms with Crippen molar-refractivity contribution >= 4 is 11.8 Å². The molecular weight excluding hydrogens is 123 g/mol. The molecule has 0 heterocycles. The van der Waals surface area contributed by atoms with E-state index in [1.807, 2.05) is 11.8 Å². The van der Waals surface area contributed by atoms with Crippen molar-refractivity contribution in [2.45, 2.75) is 19.0 Å². The Labute approximate surface area is 53.8 Å². The largest absolute Gasteiger partial charge is 0.247 e. The van der Waals surface area contributed by atoms with Crippen molar-refractivity contribution in [3.8, 4) is 0 Å². The normalized spacial score (nSPS) is 36.8. The van der Waals surface area contributed by atoms with Gasteiger partial charge in [-0.2, -0.15) is 11.8 Å². The molecule has 48 valence electrons. The molecule has 0 radical (unpaired) electrons. The standard InChI is InChI=1S/C6H11FS/c1-8-4-5-2-6(7)3-5/h5-6H,2-4H2,1H3. The van der Waals surface area contributed by atoms with Crippen LogP contribution in [-0.4, -0.2) is 18.2 Å². The first-order chi connectivity index (χ1) is 3.83. The number of alkyl halides is 1. The first-order valence-electron chi connectivity index (χ1n) is 2.96. The van der Waals surface area contributed by atoms with Crippen molar-refractivity contribution in [3.05, 3.63) is 0 Å². The second-order valence-corrected chi connectivity index (χ2v) is 3.30. The van der Waals surface area contributed by atoms with Crippen LogP contribution in [0.1, 0.15) is 12.8 Å². The zero-order valence-electron chi connectivity index (χ0n) is 5.06. The van der Waals surface area contributed by atoms with E-state index in [1.54, 1.807) is 0 Å². The van der Waals surface area contributed by atoms with Crippen molar-refractivity contribution in [2.24, 2.45) is 5.92 Å². The summed E-state index contributed by atoms with van der Waals surface area (Å²) in [4.78, 5) is 0. The summed E-state index contributed by atoms with van der Waals surface area (Å²) in [5, 5.41) is 0. The lowest BCUT2D eigenvalue weighted by atomic mass is 9.85. The third-order valence-corrected chi connectivity index (χ3v) is 2.39. The molecule has 2 heteroatoms. The fraction of sp³-hybridized carbons (Fsp3) is 1.00. The molecule has 0 atom stereocenters. The molecule has 0 unspecified atom stereocenters. The molecule has 1 aliphatic carbocycles. The van der Waals surface area contributed by atoms with Gasteiger partial charge in [-0.15, -0.1) is 0 Å². The number of hydrogen-bond donors (Lipinski definition) is 0. The molecule has 0 aromatic rings. The van der Waals surface area contributed by atoms with E-state index in [9.17, 15) is 4.39 Å². The van der Waals surface area contributed by atoms with Crippen LogP contribution in [0.3, 0.4) is 0 Å². The van der Waals surface area contributed by atoms with Gasteiger partial charge in [0.25, 0.3) is 0 Å². The quantitative estimate of drug-likeness (QED) is 0.557. The minimum absolute atomic E-state index is 0.466. The number of hydrogen-bond acceptors (Lipinski definition) is 1. The van der Waals surface area contributed by atoms with Gasteiger partial charge < -0.3 is 0 Å². The highest BCUT2D eigenvalue weighted by Crippen LogP contribution is 2.31. The maximum absolute atomic E-state index is 12.1. The summed E-state index contributed by atoms with van der Waals surface area (Å²) in [7, 11) is 0. The summed E-state index contributed by atoms with van der Waals surface area (Å²) in [5.74, 6) is 1.85. The molecule has 0 aromatic carbocycles. The first kappa shape index (κ1) is 6.40. The molecule has 1 saturated carbocycles. The highest BCUT2D eigenvalue weighted by Gasteiger charge is 2.27. The number of halogens is 1. The SMILES string of the molecule is CSCC1CC(F)C1. The molecule has 0 saturated heterocycles. The van der Waals surface area contributed by atoms with Gasteiger partial charge in [-0.25, -0.2) is 4.39 Å². The van der Waals surface area contributed by atoms with Crippen LogP contribution in [0.15, 0.2) is 0 Å². The first-order valence-corrected chi connectivity index (χ1v) is 4.35. The lowest BCUT2D eigenvalue weighted by Crippen LogP contribution is -2.26. The summed E-state index contributed by atoms with van der Waals surface area (Å²) in [6.07, 6.45) is 3.25. The monoisotopic (exact) mass is 134 g/mol. The van der Waals surface area contributed by atoms with Crippen LogP contribution in [-0.2, 0) is 0 Å². The average Bonchev–Trinajstić information content (AvgIpc) is 1.64. The molecule has 0 N–H and O–H groups in total. The second-order valence-electron chi connectivity index (χ2n) is 2.39. The summed E-state index contributed by atoms with van der Waals surface area (Å²) in [6, 6.07) is 0. The summed E-state index contributed by atoms with van der Waals surface area (Å²) in [6.45, 7) is 0. The van der Waals surface area contributed by atoms with E-state index in [0.717, 1.165) is 18.6 Å². The van der Waals surface area contributed by atoms with Gasteiger partial charge in [0.15, 0.2) is 0 Å². The Morgan fingerprint density at radius 3 is 2.62 bits per heavy atom. The van der Waals surface area contributed by atoms with E-state index >= 15 is 0 Å². The van der Waals surface area contributed by atoms with Gasteiger partial charge in [0.1, 0.15) is 6.17 Å².